The molecule has 1 aliphatic heterocycles. The largest absolute Gasteiger partial charge is 0.492 e. The van der Waals surface area contributed by atoms with Gasteiger partial charge in [-0.05, 0) is 18.1 Å². The molecule has 86 valence electrons. The van der Waals surface area contributed by atoms with E-state index in [2.05, 4.69) is 19.9 Å². The summed E-state index contributed by atoms with van der Waals surface area (Å²) in [5.41, 5.74) is 2.30. The summed E-state index contributed by atoms with van der Waals surface area (Å²) in [6.07, 6.45) is 0.763. The summed E-state index contributed by atoms with van der Waals surface area (Å²) < 4.78 is 5.58. The number of fused-ring (bicyclic) bond motifs is 1. The zero-order chi connectivity index (χ0) is 11.8. The molecule has 0 atom stereocenters. The van der Waals surface area contributed by atoms with Crippen LogP contribution in [0.3, 0.4) is 0 Å². The molecule has 16 heavy (non-hydrogen) atoms. The smallest absolute Gasteiger partial charge is 0.303 e. The minimum Gasteiger partial charge on any atom is -0.492 e. The molecule has 0 unspecified atom stereocenters. The Morgan fingerprint density at radius 3 is 2.94 bits per heavy atom. The summed E-state index contributed by atoms with van der Waals surface area (Å²) >= 11 is 0. The number of hydrogen-bond donors (Lipinski definition) is 1. The van der Waals surface area contributed by atoms with Crippen LogP contribution in [0.5, 0.6) is 5.75 Å². The van der Waals surface area contributed by atoms with Crippen molar-refractivity contribution in [2.75, 3.05) is 6.61 Å². The second-order valence-electron chi connectivity index (χ2n) is 4.90. The molecule has 0 saturated carbocycles. The lowest BCUT2D eigenvalue weighted by Crippen LogP contribution is -2.18. The molecule has 3 nitrogen and oxygen atoms in total. The number of aryl methyl sites for hydroxylation is 1. The molecule has 3 heteroatoms. The fraction of sp³-hybridized carbons (Fsp3) is 0.462. The van der Waals surface area contributed by atoms with Gasteiger partial charge in [0.15, 0.2) is 0 Å². The van der Waals surface area contributed by atoms with E-state index in [0.717, 1.165) is 11.3 Å². The van der Waals surface area contributed by atoms with Crippen LogP contribution in [0.2, 0.25) is 0 Å². The van der Waals surface area contributed by atoms with Gasteiger partial charge in [-0.15, -0.1) is 0 Å². The molecule has 0 aliphatic carbocycles. The number of carboxylic acid groups (broad SMARTS) is 1. The first-order valence-electron chi connectivity index (χ1n) is 5.47. The fourth-order valence-corrected chi connectivity index (χ4v) is 1.97. The van der Waals surface area contributed by atoms with E-state index in [1.807, 2.05) is 12.1 Å². The van der Waals surface area contributed by atoms with E-state index in [4.69, 9.17) is 9.84 Å². The Morgan fingerprint density at radius 2 is 2.25 bits per heavy atom. The maximum Gasteiger partial charge on any atom is 0.303 e. The van der Waals surface area contributed by atoms with Crippen molar-refractivity contribution < 1.29 is 14.6 Å². The molecule has 0 radical (unpaired) electrons. The molecule has 1 N–H and O–H groups in total. The molecule has 1 aromatic rings. The lowest BCUT2D eigenvalue weighted by molar-refractivity contribution is -0.136. The predicted molar refractivity (Wildman–Crippen MR) is 60.9 cm³/mol. The average Bonchev–Trinajstić information content (AvgIpc) is 2.52. The van der Waals surface area contributed by atoms with Gasteiger partial charge >= 0.3 is 5.97 Å². The van der Waals surface area contributed by atoms with Gasteiger partial charge in [0, 0.05) is 17.4 Å². The van der Waals surface area contributed by atoms with Gasteiger partial charge in [-0.1, -0.05) is 26.0 Å². The third kappa shape index (κ3) is 2.03. The highest BCUT2D eigenvalue weighted by Gasteiger charge is 2.31. The molecular formula is C13H16O3. The summed E-state index contributed by atoms with van der Waals surface area (Å²) in [4.78, 5) is 10.5. The highest BCUT2D eigenvalue weighted by Crippen LogP contribution is 2.38. The zero-order valence-corrected chi connectivity index (χ0v) is 9.62. The molecule has 0 amide bonds. The van der Waals surface area contributed by atoms with E-state index in [1.165, 1.54) is 5.56 Å². The van der Waals surface area contributed by atoms with Gasteiger partial charge in [-0.25, -0.2) is 0 Å². The van der Waals surface area contributed by atoms with E-state index < -0.39 is 5.97 Å². The second-order valence-corrected chi connectivity index (χ2v) is 4.90. The second kappa shape index (κ2) is 3.81. The van der Waals surface area contributed by atoms with Crippen LogP contribution in [0, 0.1) is 0 Å². The molecule has 1 heterocycles. The summed E-state index contributed by atoms with van der Waals surface area (Å²) in [7, 11) is 0. The Hall–Kier alpha value is -1.51. The third-order valence-electron chi connectivity index (χ3n) is 2.99. The molecule has 2 rings (SSSR count). The Labute approximate surface area is 95.0 Å². The molecule has 0 spiro atoms. The van der Waals surface area contributed by atoms with Crippen LogP contribution >= 0.6 is 0 Å². The number of carbonyl (C=O) groups is 1. The van der Waals surface area contributed by atoms with Gasteiger partial charge in [0.25, 0.3) is 0 Å². The minimum absolute atomic E-state index is 0.0363. The quantitative estimate of drug-likeness (QED) is 0.850. The minimum atomic E-state index is -0.754. The molecular weight excluding hydrogens is 204 g/mol. The van der Waals surface area contributed by atoms with Crippen LogP contribution in [0.4, 0.5) is 0 Å². The van der Waals surface area contributed by atoms with Crippen LogP contribution in [0.15, 0.2) is 18.2 Å². The summed E-state index contributed by atoms with van der Waals surface area (Å²) in [5, 5.41) is 8.65. The number of benzene rings is 1. The Kier molecular flexibility index (Phi) is 2.62. The number of carboxylic acids is 1. The average molecular weight is 220 g/mol. The monoisotopic (exact) mass is 220 g/mol. The van der Waals surface area contributed by atoms with Crippen molar-refractivity contribution >= 4 is 5.97 Å². The number of ether oxygens (including phenoxy) is 1. The Balaban J connectivity index is 2.22. The normalized spacial score (nSPS) is 16.6. The van der Waals surface area contributed by atoms with Gasteiger partial charge in [0.1, 0.15) is 5.75 Å². The maximum atomic E-state index is 10.5. The highest BCUT2D eigenvalue weighted by molar-refractivity contribution is 5.67. The van der Waals surface area contributed by atoms with Gasteiger partial charge < -0.3 is 9.84 Å². The van der Waals surface area contributed by atoms with Crippen molar-refractivity contribution in [3.8, 4) is 5.75 Å². The van der Waals surface area contributed by atoms with E-state index in [-0.39, 0.29) is 11.8 Å². The summed E-state index contributed by atoms with van der Waals surface area (Å²) in [5.74, 6) is 0.181. The van der Waals surface area contributed by atoms with Gasteiger partial charge in [0.2, 0.25) is 0 Å². The molecule has 0 bridgehead atoms. The van der Waals surface area contributed by atoms with E-state index in [9.17, 15) is 4.79 Å². The Bertz CT molecular complexity index is 421. The first kappa shape index (κ1) is 11.0. The SMILES string of the molecule is CC1(C)COc2ccc(CCC(=O)O)cc21. The first-order chi connectivity index (χ1) is 7.49. The first-order valence-corrected chi connectivity index (χ1v) is 5.47. The lowest BCUT2D eigenvalue weighted by atomic mass is 9.86. The van der Waals surface area contributed by atoms with Crippen LogP contribution in [0.25, 0.3) is 0 Å². The molecule has 0 aromatic heterocycles. The van der Waals surface area contributed by atoms with Crippen molar-refractivity contribution in [2.45, 2.75) is 32.1 Å². The van der Waals surface area contributed by atoms with Gasteiger partial charge in [0.05, 0.1) is 6.61 Å². The summed E-state index contributed by atoms with van der Waals surface area (Å²) in [6.45, 7) is 4.98. The molecule has 0 fully saturated rings. The molecule has 1 aliphatic rings. The predicted octanol–water partition coefficient (Wildman–Crippen LogP) is 2.37. The Morgan fingerprint density at radius 1 is 1.50 bits per heavy atom. The van der Waals surface area contributed by atoms with Gasteiger partial charge in [-0.2, -0.15) is 0 Å². The fourth-order valence-electron chi connectivity index (χ4n) is 1.97. The number of aliphatic carboxylic acids is 1. The standard InChI is InChI=1S/C13H16O3/c1-13(2)8-16-11-5-3-9(7-10(11)13)4-6-12(14)15/h3,5,7H,4,6,8H2,1-2H3,(H,14,15). The maximum absolute atomic E-state index is 10.5. The number of hydrogen-bond acceptors (Lipinski definition) is 2. The van der Waals surface area contributed by atoms with Crippen molar-refractivity contribution in [3.05, 3.63) is 29.3 Å². The molecule has 1 aromatic carbocycles. The topological polar surface area (TPSA) is 46.5 Å². The lowest BCUT2D eigenvalue weighted by Gasteiger charge is -2.15. The highest BCUT2D eigenvalue weighted by atomic mass is 16.5. The van der Waals surface area contributed by atoms with Crippen LogP contribution in [-0.2, 0) is 16.6 Å². The van der Waals surface area contributed by atoms with Crippen LogP contribution in [-0.4, -0.2) is 17.7 Å². The van der Waals surface area contributed by atoms with Crippen molar-refractivity contribution in [1.82, 2.24) is 0 Å². The number of rotatable bonds is 3. The molecule has 0 saturated heterocycles. The van der Waals surface area contributed by atoms with Gasteiger partial charge in [-0.3, -0.25) is 4.79 Å². The van der Waals surface area contributed by atoms with E-state index >= 15 is 0 Å². The zero-order valence-electron chi connectivity index (χ0n) is 9.62. The van der Waals surface area contributed by atoms with Crippen LogP contribution < -0.4 is 4.74 Å². The van der Waals surface area contributed by atoms with Crippen molar-refractivity contribution in [3.63, 3.8) is 0 Å². The van der Waals surface area contributed by atoms with Crippen LogP contribution in [0.1, 0.15) is 31.4 Å². The summed E-state index contributed by atoms with van der Waals surface area (Å²) in [6, 6.07) is 5.97. The van der Waals surface area contributed by atoms with Crippen molar-refractivity contribution in [2.24, 2.45) is 0 Å². The van der Waals surface area contributed by atoms with Crippen molar-refractivity contribution in [1.29, 1.82) is 0 Å². The van der Waals surface area contributed by atoms with E-state index in [0.29, 0.717) is 13.0 Å². The van der Waals surface area contributed by atoms with E-state index in [1.54, 1.807) is 0 Å². The third-order valence-corrected chi connectivity index (χ3v) is 2.99.